The van der Waals surface area contributed by atoms with Gasteiger partial charge in [-0.25, -0.2) is 0 Å². The van der Waals surface area contributed by atoms with Crippen molar-refractivity contribution in [3.63, 3.8) is 0 Å². The average Bonchev–Trinajstić information content (AvgIpc) is 3.20. The lowest BCUT2D eigenvalue weighted by molar-refractivity contribution is 0.0943. The van der Waals surface area contributed by atoms with Crippen LogP contribution in [0.4, 0.5) is 0 Å². The van der Waals surface area contributed by atoms with Gasteiger partial charge in [0.15, 0.2) is 5.78 Å². The van der Waals surface area contributed by atoms with Gasteiger partial charge in [0, 0.05) is 22.5 Å². The largest absolute Gasteiger partial charge is 0.487 e. The second-order valence-electron chi connectivity index (χ2n) is 10.5. The maximum Gasteiger partial charge on any atom is 0.179 e. The van der Waals surface area contributed by atoms with E-state index in [0.717, 1.165) is 73.5 Å². The van der Waals surface area contributed by atoms with Crippen LogP contribution in [0.25, 0.3) is 10.9 Å². The standard InChI is InChI=1S/C30H41ClN4O2/c1-33(2)18-6-19-34(3)21-29(36)30-26-7-4-5-8-27(26)35(20-15-23-13-16-32-17-14-23)28(30)22-37-25-11-9-24(31)10-12-25/h4-5,7-12,23,32H,6,13-22H2,1-3H3. The first-order valence-corrected chi connectivity index (χ1v) is 13.9. The van der Waals surface area contributed by atoms with Crippen molar-refractivity contribution in [2.45, 2.75) is 38.8 Å². The van der Waals surface area contributed by atoms with E-state index in [9.17, 15) is 4.79 Å². The third kappa shape index (κ3) is 7.57. The number of rotatable bonds is 13. The molecule has 1 aliphatic rings. The fraction of sp³-hybridized carbons (Fsp3) is 0.500. The number of para-hydroxylation sites is 1. The summed E-state index contributed by atoms with van der Waals surface area (Å²) in [5.74, 6) is 1.60. The number of benzene rings is 2. The van der Waals surface area contributed by atoms with E-state index in [-0.39, 0.29) is 5.78 Å². The first-order valence-electron chi connectivity index (χ1n) is 13.5. The number of carbonyl (C=O) groups is 1. The third-order valence-electron chi connectivity index (χ3n) is 7.32. The van der Waals surface area contributed by atoms with E-state index in [4.69, 9.17) is 16.3 Å². The molecule has 37 heavy (non-hydrogen) atoms. The lowest BCUT2D eigenvalue weighted by atomic mass is 9.94. The van der Waals surface area contributed by atoms with E-state index >= 15 is 0 Å². The highest BCUT2D eigenvalue weighted by Crippen LogP contribution is 2.30. The molecule has 0 saturated carbocycles. The van der Waals surface area contributed by atoms with Crippen LogP contribution in [-0.2, 0) is 13.2 Å². The Balaban J connectivity index is 1.62. The molecule has 3 aromatic rings. The molecule has 200 valence electrons. The zero-order chi connectivity index (χ0) is 26.2. The van der Waals surface area contributed by atoms with E-state index in [1.54, 1.807) is 0 Å². The number of ketones is 1. The fourth-order valence-electron chi connectivity index (χ4n) is 5.30. The Hall–Kier alpha value is -2.38. The molecule has 0 unspecified atom stereocenters. The number of likely N-dealkylation sites (N-methyl/N-ethyl adjacent to an activating group) is 1. The molecule has 7 heteroatoms. The monoisotopic (exact) mass is 524 g/mol. The summed E-state index contributed by atoms with van der Waals surface area (Å²) >= 11 is 6.08. The Morgan fingerprint density at radius 2 is 1.78 bits per heavy atom. The summed E-state index contributed by atoms with van der Waals surface area (Å²) in [5, 5.41) is 5.17. The van der Waals surface area contributed by atoms with Crippen molar-refractivity contribution in [2.24, 2.45) is 5.92 Å². The first-order chi connectivity index (χ1) is 17.9. The summed E-state index contributed by atoms with van der Waals surface area (Å²) in [6.45, 7) is 5.69. The fourth-order valence-corrected chi connectivity index (χ4v) is 5.42. The number of hydrogen-bond acceptors (Lipinski definition) is 5. The highest BCUT2D eigenvalue weighted by molar-refractivity contribution is 6.30. The summed E-state index contributed by atoms with van der Waals surface area (Å²) < 4.78 is 8.58. The van der Waals surface area contributed by atoms with Gasteiger partial charge in [-0.1, -0.05) is 29.8 Å². The third-order valence-corrected chi connectivity index (χ3v) is 7.58. The van der Waals surface area contributed by atoms with Crippen LogP contribution in [-0.4, -0.2) is 74.0 Å². The number of aromatic nitrogens is 1. The Kier molecular flexibility index (Phi) is 10.0. The van der Waals surface area contributed by atoms with Gasteiger partial charge in [-0.2, -0.15) is 0 Å². The van der Waals surface area contributed by atoms with Crippen LogP contribution < -0.4 is 10.1 Å². The van der Waals surface area contributed by atoms with Crippen LogP contribution >= 0.6 is 11.6 Å². The number of Topliss-reactive ketones (excluding diaryl/α,β-unsaturated/α-hetero) is 1. The molecule has 0 atom stereocenters. The average molecular weight is 525 g/mol. The molecule has 1 saturated heterocycles. The molecule has 1 aromatic heterocycles. The maximum atomic E-state index is 13.8. The van der Waals surface area contributed by atoms with Crippen molar-refractivity contribution >= 4 is 28.3 Å². The number of carbonyl (C=O) groups excluding carboxylic acids is 1. The molecule has 0 bridgehead atoms. The highest BCUT2D eigenvalue weighted by atomic mass is 35.5. The molecule has 2 aromatic carbocycles. The normalized spacial score (nSPS) is 14.6. The summed E-state index contributed by atoms with van der Waals surface area (Å²) in [6.07, 6.45) is 4.55. The molecular formula is C30H41ClN4O2. The molecule has 4 rings (SSSR count). The maximum absolute atomic E-state index is 13.8. The minimum atomic E-state index is 0.152. The van der Waals surface area contributed by atoms with Gasteiger partial charge < -0.3 is 19.5 Å². The quantitative estimate of drug-likeness (QED) is 0.306. The Morgan fingerprint density at radius 1 is 1.05 bits per heavy atom. The smallest absolute Gasteiger partial charge is 0.179 e. The number of ether oxygens (including phenoxy) is 1. The highest BCUT2D eigenvalue weighted by Gasteiger charge is 2.24. The minimum absolute atomic E-state index is 0.152. The number of nitrogens with one attached hydrogen (secondary N) is 1. The molecule has 6 nitrogen and oxygen atoms in total. The van der Waals surface area contributed by atoms with Gasteiger partial charge in [-0.3, -0.25) is 9.69 Å². The number of piperidine rings is 1. The lowest BCUT2D eigenvalue weighted by Crippen LogP contribution is -2.29. The van der Waals surface area contributed by atoms with Crippen LogP contribution in [0.15, 0.2) is 48.5 Å². The van der Waals surface area contributed by atoms with Crippen molar-refractivity contribution in [1.82, 2.24) is 19.7 Å². The SMILES string of the molecule is CN(C)CCCN(C)CC(=O)c1c(COc2ccc(Cl)cc2)n(CCC2CCNCC2)c2ccccc12. The molecule has 2 heterocycles. The van der Waals surface area contributed by atoms with Gasteiger partial charge in [-0.05, 0) is 109 Å². The summed E-state index contributed by atoms with van der Waals surface area (Å²) in [5.41, 5.74) is 2.89. The second kappa shape index (κ2) is 13.4. The van der Waals surface area contributed by atoms with Crippen molar-refractivity contribution in [1.29, 1.82) is 0 Å². The van der Waals surface area contributed by atoms with Crippen molar-refractivity contribution < 1.29 is 9.53 Å². The number of halogens is 1. The second-order valence-corrected chi connectivity index (χ2v) is 11.0. The van der Waals surface area contributed by atoms with Crippen LogP contribution in [0.1, 0.15) is 41.7 Å². The molecule has 0 amide bonds. The van der Waals surface area contributed by atoms with Crippen LogP contribution in [0.3, 0.4) is 0 Å². The van der Waals surface area contributed by atoms with E-state index in [0.29, 0.717) is 24.1 Å². The molecule has 1 aliphatic heterocycles. The zero-order valence-electron chi connectivity index (χ0n) is 22.5. The first kappa shape index (κ1) is 27.6. The summed E-state index contributed by atoms with van der Waals surface area (Å²) in [4.78, 5) is 18.1. The van der Waals surface area contributed by atoms with Crippen LogP contribution in [0, 0.1) is 5.92 Å². The summed E-state index contributed by atoms with van der Waals surface area (Å²) in [6, 6.07) is 15.7. The summed E-state index contributed by atoms with van der Waals surface area (Å²) in [7, 11) is 6.20. The Morgan fingerprint density at radius 3 is 2.51 bits per heavy atom. The van der Waals surface area contributed by atoms with Gasteiger partial charge >= 0.3 is 0 Å². The van der Waals surface area contributed by atoms with Crippen molar-refractivity contribution in [3.05, 3.63) is 64.8 Å². The van der Waals surface area contributed by atoms with Crippen molar-refractivity contribution in [2.75, 3.05) is 53.9 Å². The van der Waals surface area contributed by atoms with Crippen LogP contribution in [0.2, 0.25) is 5.02 Å². The molecule has 0 spiro atoms. The molecular weight excluding hydrogens is 484 g/mol. The van der Waals surface area contributed by atoms with Crippen LogP contribution in [0.5, 0.6) is 5.75 Å². The van der Waals surface area contributed by atoms with Gasteiger partial charge in [0.05, 0.1) is 17.8 Å². The number of hydrogen-bond donors (Lipinski definition) is 1. The topological polar surface area (TPSA) is 49.7 Å². The minimum Gasteiger partial charge on any atom is -0.487 e. The van der Waals surface area contributed by atoms with Gasteiger partial charge in [0.25, 0.3) is 0 Å². The van der Waals surface area contributed by atoms with Crippen molar-refractivity contribution in [3.8, 4) is 5.75 Å². The number of nitrogens with zero attached hydrogens (tertiary/aromatic N) is 3. The molecule has 0 radical (unpaired) electrons. The number of fused-ring (bicyclic) bond motifs is 1. The molecule has 0 aliphatic carbocycles. The molecule has 1 fully saturated rings. The van der Waals surface area contributed by atoms with Gasteiger partial charge in [-0.15, -0.1) is 0 Å². The van der Waals surface area contributed by atoms with Gasteiger partial charge in [0.2, 0.25) is 0 Å². The van der Waals surface area contributed by atoms with E-state index in [2.05, 4.69) is 52.0 Å². The Labute approximate surface area is 226 Å². The van der Waals surface area contributed by atoms with Gasteiger partial charge in [0.1, 0.15) is 12.4 Å². The predicted octanol–water partition coefficient (Wildman–Crippen LogP) is 5.33. The number of aryl methyl sites for hydroxylation is 1. The lowest BCUT2D eigenvalue weighted by Gasteiger charge is -2.23. The van der Waals surface area contributed by atoms with E-state index in [1.165, 1.54) is 12.8 Å². The van der Waals surface area contributed by atoms with E-state index in [1.807, 2.05) is 37.4 Å². The Bertz CT molecular complexity index is 1150. The van der Waals surface area contributed by atoms with E-state index < -0.39 is 0 Å². The molecule has 1 N–H and O–H groups in total. The zero-order valence-corrected chi connectivity index (χ0v) is 23.3. The predicted molar refractivity (Wildman–Crippen MR) is 153 cm³/mol.